The fourth-order valence-electron chi connectivity index (χ4n) is 3.29. The van der Waals surface area contributed by atoms with Gasteiger partial charge in [-0.2, -0.15) is 0 Å². The van der Waals surface area contributed by atoms with Crippen LogP contribution in [-0.2, 0) is 20.8 Å². The third kappa shape index (κ3) is 4.05. The summed E-state index contributed by atoms with van der Waals surface area (Å²) in [5, 5.41) is 14.4. The van der Waals surface area contributed by atoms with Crippen LogP contribution >= 0.6 is 50.8 Å². The second-order valence-electron chi connectivity index (χ2n) is 6.85. The number of anilines is 1. The quantitative estimate of drug-likeness (QED) is 0.488. The van der Waals surface area contributed by atoms with E-state index in [2.05, 4.69) is 26.2 Å². The summed E-state index contributed by atoms with van der Waals surface area (Å²) in [6, 6.07) is 7.29. The molecule has 0 spiro atoms. The number of benzene rings is 1. The van der Waals surface area contributed by atoms with Crippen molar-refractivity contribution in [1.82, 2.24) is 15.2 Å². The summed E-state index contributed by atoms with van der Waals surface area (Å²) in [5.74, 6) is -1.50. The van der Waals surface area contributed by atoms with E-state index >= 15 is 0 Å². The molecule has 12 heteroatoms. The number of nitrogens with zero attached hydrogens (tertiary/aromatic N) is 2. The van der Waals surface area contributed by atoms with Gasteiger partial charge < -0.3 is 21.1 Å². The number of hydrogen-bond donors (Lipinski definition) is 3. The highest BCUT2D eigenvalue weighted by atomic mass is 79.9. The number of halogens is 1. The van der Waals surface area contributed by atoms with Gasteiger partial charge in [-0.05, 0) is 28.1 Å². The molecule has 2 unspecified atom stereocenters. The summed E-state index contributed by atoms with van der Waals surface area (Å²) >= 11 is 7.15. The summed E-state index contributed by atoms with van der Waals surface area (Å²) in [6.45, 7) is 0.0133. The Bertz CT molecular complexity index is 1020. The molecule has 2 aliphatic rings. The van der Waals surface area contributed by atoms with Gasteiger partial charge in [-0.3, -0.25) is 14.4 Å². The minimum atomic E-state index is -1.45. The third-order valence-electron chi connectivity index (χ3n) is 4.83. The molecule has 4 N–H and O–H groups in total. The van der Waals surface area contributed by atoms with E-state index in [1.807, 2.05) is 24.3 Å². The molecule has 4 rings (SSSR count). The van der Waals surface area contributed by atoms with Crippen molar-refractivity contribution in [2.75, 3.05) is 12.3 Å². The van der Waals surface area contributed by atoms with Gasteiger partial charge in [0.15, 0.2) is 9.88 Å². The highest BCUT2D eigenvalue weighted by Gasteiger charge is 2.58. The van der Waals surface area contributed by atoms with E-state index in [1.54, 1.807) is 10.3 Å². The molecule has 2 saturated heterocycles. The second kappa shape index (κ2) is 8.40. The second-order valence-corrected chi connectivity index (χ2v) is 11.2. The van der Waals surface area contributed by atoms with Crippen molar-refractivity contribution < 1.29 is 19.5 Å². The number of hydrogen-bond acceptors (Lipinski definition) is 8. The molecule has 0 radical (unpaired) electrons. The maximum absolute atomic E-state index is 12.7. The molecule has 0 bridgehead atoms. The van der Waals surface area contributed by atoms with Gasteiger partial charge in [0.05, 0.1) is 30.5 Å². The average molecular weight is 529 g/mol. The van der Waals surface area contributed by atoms with Crippen molar-refractivity contribution in [2.45, 2.75) is 33.2 Å². The van der Waals surface area contributed by atoms with E-state index in [9.17, 15) is 19.5 Å². The molecule has 2 aromatic rings. The number of nitrogens with two attached hydrogens (primary N) is 1. The van der Waals surface area contributed by atoms with Crippen LogP contribution in [0.15, 0.2) is 39.0 Å². The van der Waals surface area contributed by atoms with Gasteiger partial charge in [-0.1, -0.05) is 12.1 Å². The maximum atomic E-state index is 12.7. The van der Waals surface area contributed by atoms with E-state index in [0.717, 1.165) is 21.1 Å². The van der Waals surface area contributed by atoms with Crippen LogP contribution in [0, 0.1) is 0 Å². The number of aliphatic carboxylic acids is 1. The Morgan fingerprint density at radius 2 is 2.20 bits per heavy atom. The minimum Gasteiger partial charge on any atom is -0.480 e. The van der Waals surface area contributed by atoms with Crippen LogP contribution in [-0.4, -0.2) is 54.8 Å². The molecule has 1 aromatic heterocycles. The zero-order chi connectivity index (χ0) is 21.5. The predicted molar refractivity (Wildman–Crippen MR) is 120 cm³/mol. The van der Waals surface area contributed by atoms with Crippen molar-refractivity contribution >= 4 is 73.7 Å². The molecule has 3 heterocycles. The molecule has 2 fully saturated rings. The molecule has 3 atom stereocenters. The summed E-state index contributed by atoms with van der Waals surface area (Å²) in [7, 11) is 0. The van der Waals surface area contributed by atoms with Crippen molar-refractivity contribution in [1.29, 1.82) is 0 Å². The topological polar surface area (TPSA) is 126 Å². The first-order chi connectivity index (χ1) is 14.3. The number of β-lactam (4-membered cyclic amide) rings is 1. The Labute approximate surface area is 193 Å². The Balaban J connectivity index is 1.62. The van der Waals surface area contributed by atoms with Crippen LogP contribution in [0.3, 0.4) is 0 Å². The first-order valence-electron chi connectivity index (χ1n) is 8.89. The number of nitrogens with one attached hydrogen (secondary N) is 1. The molecule has 1 aromatic carbocycles. The zero-order valence-electron chi connectivity index (χ0n) is 15.4. The monoisotopic (exact) mass is 528 g/mol. The van der Waals surface area contributed by atoms with Crippen LogP contribution in [0.2, 0.25) is 0 Å². The summed E-state index contributed by atoms with van der Waals surface area (Å²) in [5.41, 5.74) is 6.16. The fraction of sp³-hybridized carbons (Fsp3) is 0.333. The lowest BCUT2D eigenvalue weighted by Crippen LogP contribution is -2.69. The van der Waals surface area contributed by atoms with Gasteiger partial charge in [0, 0.05) is 14.7 Å². The summed E-state index contributed by atoms with van der Waals surface area (Å²) in [4.78, 5) is 43.7. The normalized spacial score (nSPS) is 25.4. The highest BCUT2D eigenvalue weighted by molar-refractivity contribution is 9.10. The van der Waals surface area contributed by atoms with Crippen molar-refractivity contribution in [3.63, 3.8) is 0 Å². The zero-order valence-corrected chi connectivity index (χ0v) is 19.4. The SMILES string of the molecule is Nc1nc(CC(=O)NC2S[C@@H]3CC(=O)N3CC2(Sc2ccccc2Br)C(=O)O)cs1. The van der Waals surface area contributed by atoms with Gasteiger partial charge in [0.1, 0.15) is 5.37 Å². The van der Waals surface area contributed by atoms with Gasteiger partial charge in [-0.25, -0.2) is 4.98 Å². The van der Waals surface area contributed by atoms with Crippen molar-refractivity contribution in [2.24, 2.45) is 0 Å². The van der Waals surface area contributed by atoms with Crippen LogP contribution in [0.25, 0.3) is 0 Å². The summed E-state index contributed by atoms with van der Waals surface area (Å²) in [6.07, 6.45) is 0.350. The number of nitrogen functional groups attached to an aromatic ring is 1. The number of thiazole rings is 1. The molecule has 2 amide bonds. The third-order valence-corrected chi connectivity index (χ3v) is 9.67. The molecule has 2 aliphatic heterocycles. The number of carbonyl (C=O) groups is 3. The molecule has 158 valence electrons. The smallest absolute Gasteiger partial charge is 0.325 e. The van der Waals surface area contributed by atoms with Gasteiger partial charge in [0.25, 0.3) is 0 Å². The van der Waals surface area contributed by atoms with Crippen molar-refractivity contribution in [3.05, 3.63) is 39.8 Å². The Morgan fingerprint density at radius 3 is 2.83 bits per heavy atom. The van der Waals surface area contributed by atoms with E-state index < -0.39 is 16.1 Å². The maximum Gasteiger partial charge on any atom is 0.325 e. The van der Waals surface area contributed by atoms with Crippen LogP contribution in [0.1, 0.15) is 12.1 Å². The van der Waals surface area contributed by atoms with Crippen molar-refractivity contribution in [3.8, 4) is 0 Å². The van der Waals surface area contributed by atoms with Gasteiger partial charge >= 0.3 is 5.97 Å². The molecule has 0 aliphatic carbocycles. The standard InChI is InChI=1S/C18H17BrN4O4S3/c19-10-3-1-2-4-11(10)30-18(16(26)27)8-23-13(25)6-14(23)29-15(18)22-12(24)5-9-7-28-17(20)21-9/h1-4,7,14-15H,5-6,8H2,(H2,20,21)(H,22,24)(H,26,27)/t14-,15?,18?/m1/s1. The number of carboxylic acid groups (broad SMARTS) is 1. The Hall–Kier alpha value is -1.76. The first-order valence-corrected chi connectivity index (χ1v) is 12.3. The lowest BCUT2D eigenvalue weighted by molar-refractivity contribution is -0.147. The number of aromatic nitrogens is 1. The van der Waals surface area contributed by atoms with E-state index in [4.69, 9.17) is 5.73 Å². The Kier molecular flexibility index (Phi) is 6.02. The molecular formula is C18H17BrN4O4S3. The summed E-state index contributed by atoms with van der Waals surface area (Å²) < 4.78 is -0.696. The van der Waals surface area contributed by atoms with E-state index in [1.165, 1.54) is 23.1 Å². The highest BCUT2D eigenvalue weighted by Crippen LogP contribution is 2.50. The number of rotatable bonds is 6. The number of carboxylic acids is 1. The minimum absolute atomic E-state index is 0.00741. The van der Waals surface area contributed by atoms with Gasteiger partial charge in [0.2, 0.25) is 11.8 Å². The number of fused-ring (bicyclic) bond motifs is 1. The largest absolute Gasteiger partial charge is 0.480 e. The molecule has 0 saturated carbocycles. The first kappa shape index (κ1) is 21.5. The fourth-order valence-corrected chi connectivity index (χ4v) is 7.34. The van der Waals surface area contributed by atoms with Crippen LogP contribution < -0.4 is 11.1 Å². The number of carbonyl (C=O) groups excluding carboxylic acids is 2. The van der Waals surface area contributed by atoms with Gasteiger partial charge in [-0.15, -0.1) is 34.9 Å². The van der Waals surface area contributed by atoms with E-state index in [-0.39, 0.29) is 30.2 Å². The van der Waals surface area contributed by atoms with Crippen LogP contribution in [0.5, 0.6) is 0 Å². The Morgan fingerprint density at radius 1 is 1.43 bits per heavy atom. The predicted octanol–water partition coefficient (Wildman–Crippen LogP) is 2.39. The average Bonchev–Trinajstić information content (AvgIpc) is 3.09. The molecule has 8 nitrogen and oxygen atoms in total. The van der Waals surface area contributed by atoms with E-state index in [0.29, 0.717) is 17.2 Å². The lowest BCUT2D eigenvalue weighted by Gasteiger charge is -2.53. The number of amides is 2. The number of thioether (sulfide) groups is 2. The molecule has 30 heavy (non-hydrogen) atoms. The molecular weight excluding hydrogens is 512 g/mol. The van der Waals surface area contributed by atoms with Crippen LogP contribution in [0.4, 0.5) is 5.13 Å². The lowest BCUT2D eigenvalue weighted by atomic mass is 10.0.